The number of nitrogens with zero attached hydrogens (tertiary/aromatic N) is 1. The van der Waals surface area contributed by atoms with Gasteiger partial charge >= 0.3 is 0 Å². The van der Waals surface area contributed by atoms with Crippen LogP contribution >= 0.6 is 0 Å². The van der Waals surface area contributed by atoms with E-state index in [4.69, 9.17) is 0 Å². The molecule has 0 radical (unpaired) electrons. The average molecular weight is 230 g/mol. The predicted octanol–water partition coefficient (Wildman–Crippen LogP) is 3.19. The van der Waals surface area contributed by atoms with Crippen molar-refractivity contribution in [2.45, 2.75) is 78.9 Å². The number of hydrogen-bond acceptors (Lipinski definition) is 1. The molecule has 0 bridgehead atoms. The van der Waals surface area contributed by atoms with Crippen LogP contribution in [0.4, 0.5) is 0 Å². The maximum absolute atomic E-state index is 9.48. The third-order valence-electron chi connectivity index (χ3n) is 3.87. The largest absolute Gasteiger partial charge is 0.391 e. The van der Waals surface area contributed by atoms with Crippen molar-refractivity contribution in [1.29, 1.82) is 0 Å². The van der Waals surface area contributed by atoms with E-state index in [1.165, 1.54) is 0 Å². The molecule has 0 spiro atoms. The monoisotopic (exact) mass is 230 g/mol. The Morgan fingerprint density at radius 2 is 0.938 bits per heavy atom. The molecule has 0 heterocycles. The van der Waals surface area contributed by atoms with Crippen LogP contribution in [-0.2, 0) is 0 Å². The second kappa shape index (κ2) is 4.30. The molecule has 0 saturated carbocycles. The number of aliphatic hydroxyl groups excluding tert-OH is 1. The zero-order valence-corrected chi connectivity index (χ0v) is 12.8. The van der Waals surface area contributed by atoms with Crippen molar-refractivity contribution < 1.29 is 9.59 Å². The van der Waals surface area contributed by atoms with Crippen LogP contribution in [0, 0.1) is 0 Å². The van der Waals surface area contributed by atoms with Crippen molar-refractivity contribution >= 4 is 0 Å². The predicted molar refractivity (Wildman–Crippen MR) is 71.5 cm³/mol. The summed E-state index contributed by atoms with van der Waals surface area (Å²) in [4.78, 5) is 0. The van der Waals surface area contributed by atoms with E-state index in [9.17, 15) is 5.11 Å². The second-order valence-electron chi connectivity index (χ2n) is 7.77. The van der Waals surface area contributed by atoms with Crippen LogP contribution in [0.25, 0.3) is 0 Å². The Hall–Kier alpha value is -0.0800. The fourth-order valence-corrected chi connectivity index (χ4v) is 4.17. The first-order valence-corrected chi connectivity index (χ1v) is 6.30. The van der Waals surface area contributed by atoms with Crippen molar-refractivity contribution in [3.63, 3.8) is 0 Å². The van der Waals surface area contributed by atoms with Crippen LogP contribution in [0.1, 0.15) is 62.3 Å². The third-order valence-corrected chi connectivity index (χ3v) is 3.87. The maximum atomic E-state index is 9.48. The minimum atomic E-state index is 0.110. The standard InChI is InChI=1S/C14H32NO/c1-12(2,3)15(10-11-16,13(4,5)6)14(7,8)9/h16H,10-11H2,1-9H3/q+1. The van der Waals surface area contributed by atoms with Crippen LogP contribution < -0.4 is 0 Å². The zero-order chi connectivity index (χ0) is 13.4. The van der Waals surface area contributed by atoms with Gasteiger partial charge in [-0.15, -0.1) is 0 Å². The molecule has 0 aromatic heterocycles. The smallest absolute Gasteiger partial charge is 0.103 e. The van der Waals surface area contributed by atoms with Crippen LogP contribution in [0.5, 0.6) is 0 Å². The topological polar surface area (TPSA) is 20.2 Å². The molecule has 16 heavy (non-hydrogen) atoms. The molecule has 0 aromatic rings. The van der Waals surface area contributed by atoms with Gasteiger partial charge in [0.2, 0.25) is 0 Å². The molecule has 0 fully saturated rings. The van der Waals surface area contributed by atoms with E-state index in [0.717, 1.165) is 11.0 Å². The number of quaternary nitrogens is 1. The maximum Gasteiger partial charge on any atom is 0.103 e. The fourth-order valence-electron chi connectivity index (χ4n) is 4.17. The van der Waals surface area contributed by atoms with E-state index >= 15 is 0 Å². The summed E-state index contributed by atoms with van der Waals surface area (Å²) in [6.07, 6.45) is 0. The van der Waals surface area contributed by atoms with E-state index in [-0.39, 0.29) is 23.2 Å². The highest BCUT2D eigenvalue weighted by atomic mass is 16.3. The lowest BCUT2D eigenvalue weighted by molar-refractivity contribution is -1.05. The van der Waals surface area contributed by atoms with Crippen LogP contribution in [-0.4, -0.2) is 39.4 Å². The molecule has 0 amide bonds. The van der Waals surface area contributed by atoms with Crippen molar-refractivity contribution in [2.24, 2.45) is 0 Å². The molecule has 2 heteroatoms. The summed E-state index contributed by atoms with van der Waals surface area (Å²) in [6.45, 7) is 21.5. The van der Waals surface area contributed by atoms with Gasteiger partial charge in [-0.25, -0.2) is 0 Å². The van der Waals surface area contributed by atoms with Crippen LogP contribution in [0.15, 0.2) is 0 Å². The first kappa shape index (κ1) is 15.9. The molecule has 0 aromatic carbocycles. The number of hydrogen-bond donors (Lipinski definition) is 1. The molecule has 2 nitrogen and oxygen atoms in total. The van der Waals surface area contributed by atoms with E-state index in [1.807, 2.05) is 0 Å². The molecule has 0 saturated heterocycles. The van der Waals surface area contributed by atoms with Gasteiger partial charge in [-0.1, -0.05) is 0 Å². The Balaban J connectivity index is 5.82. The molecule has 0 unspecified atom stereocenters. The molecular formula is C14H32NO+. The van der Waals surface area contributed by atoms with Crippen molar-refractivity contribution in [1.82, 2.24) is 0 Å². The van der Waals surface area contributed by atoms with Gasteiger partial charge < -0.3 is 9.59 Å². The van der Waals surface area contributed by atoms with Gasteiger partial charge in [0.15, 0.2) is 0 Å². The number of aliphatic hydroxyl groups is 1. The molecule has 0 aliphatic rings. The highest BCUT2D eigenvalue weighted by molar-refractivity contribution is 4.82. The molecule has 1 N–H and O–H groups in total. The quantitative estimate of drug-likeness (QED) is 0.722. The van der Waals surface area contributed by atoms with Gasteiger partial charge in [0.1, 0.15) is 6.54 Å². The Bertz CT molecular complexity index is 189. The third kappa shape index (κ3) is 2.43. The number of rotatable bonds is 2. The Kier molecular flexibility index (Phi) is 4.28. The summed E-state index contributed by atoms with van der Waals surface area (Å²) in [5.74, 6) is 0. The van der Waals surface area contributed by atoms with E-state index in [1.54, 1.807) is 0 Å². The fraction of sp³-hybridized carbons (Fsp3) is 1.00. The molecule has 0 aliphatic heterocycles. The van der Waals surface area contributed by atoms with E-state index < -0.39 is 0 Å². The Morgan fingerprint density at radius 3 is 1.00 bits per heavy atom. The lowest BCUT2D eigenvalue weighted by Crippen LogP contribution is -2.77. The molecule has 98 valence electrons. The lowest BCUT2D eigenvalue weighted by Gasteiger charge is -2.63. The molecule has 0 rings (SSSR count). The molecule has 0 atom stereocenters. The Morgan fingerprint density at radius 1 is 0.688 bits per heavy atom. The van der Waals surface area contributed by atoms with Crippen molar-refractivity contribution in [2.75, 3.05) is 13.2 Å². The minimum Gasteiger partial charge on any atom is -0.391 e. The highest BCUT2D eigenvalue weighted by Gasteiger charge is 2.55. The normalized spacial score (nSPS) is 15.4. The Labute approximate surface area is 102 Å². The van der Waals surface area contributed by atoms with Crippen molar-refractivity contribution in [3.8, 4) is 0 Å². The summed E-state index contributed by atoms with van der Waals surface area (Å²) in [5.41, 5.74) is 0.331. The van der Waals surface area contributed by atoms with Gasteiger partial charge in [-0.3, -0.25) is 0 Å². The lowest BCUT2D eigenvalue weighted by atomic mass is 9.82. The summed E-state index contributed by atoms with van der Waals surface area (Å²) in [5, 5.41) is 9.48. The van der Waals surface area contributed by atoms with E-state index in [0.29, 0.717) is 0 Å². The first-order valence-electron chi connectivity index (χ1n) is 6.30. The molecule has 0 aliphatic carbocycles. The van der Waals surface area contributed by atoms with Crippen LogP contribution in [0.2, 0.25) is 0 Å². The SMILES string of the molecule is CC(C)(C)[N+](CCO)(C(C)(C)C)C(C)(C)C. The first-order chi connectivity index (χ1) is 6.81. The molecular weight excluding hydrogens is 198 g/mol. The minimum absolute atomic E-state index is 0.110. The summed E-state index contributed by atoms with van der Waals surface area (Å²) >= 11 is 0. The van der Waals surface area contributed by atoms with Gasteiger partial charge in [0.25, 0.3) is 0 Å². The van der Waals surface area contributed by atoms with Crippen LogP contribution in [0.3, 0.4) is 0 Å². The second-order valence-corrected chi connectivity index (χ2v) is 7.77. The average Bonchev–Trinajstić information content (AvgIpc) is 1.91. The van der Waals surface area contributed by atoms with Gasteiger partial charge in [0.05, 0.1) is 23.2 Å². The van der Waals surface area contributed by atoms with Gasteiger partial charge in [-0.05, 0) is 62.3 Å². The summed E-state index contributed by atoms with van der Waals surface area (Å²) in [7, 11) is 0. The summed E-state index contributed by atoms with van der Waals surface area (Å²) in [6, 6.07) is 0. The summed E-state index contributed by atoms with van der Waals surface area (Å²) < 4.78 is 0.906. The van der Waals surface area contributed by atoms with Crippen molar-refractivity contribution in [3.05, 3.63) is 0 Å². The zero-order valence-electron chi connectivity index (χ0n) is 12.8. The highest BCUT2D eigenvalue weighted by Crippen LogP contribution is 2.43. The van der Waals surface area contributed by atoms with E-state index in [2.05, 4.69) is 62.3 Å². The van der Waals surface area contributed by atoms with Gasteiger partial charge in [0, 0.05) is 0 Å². The van der Waals surface area contributed by atoms with Gasteiger partial charge in [-0.2, -0.15) is 0 Å².